The van der Waals surface area contributed by atoms with E-state index in [2.05, 4.69) is 19.2 Å². The SMILES string of the molecule is CC(C)(CCCO)CNC(=O)CC1CCCO1. The van der Waals surface area contributed by atoms with E-state index in [9.17, 15) is 4.79 Å². The number of ether oxygens (including phenoxy) is 1. The smallest absolute Gasteiger partial charge is 0.222 e. The summed E-state index contributed by atoms with van der Waals surface area (Å²) in [6.45, 7) is 5.88. The Hall–Kier alpha value is -0.610. The van der Waals surface area contributed by atoms with Crippen LogP contribution in [-0.4, -0.2) is 36.9 Å². The van der Waals surface area contributed by atoms with Crippen LogP contribution < -0.4 is 5.32 Å². The first kappa shape index (κ1) is 14.5. The Balaban J connectivity index is 2.17. The van der Waals surface area contributed by atoms with Gasteiger partial charge in [-0.1, -0.05) is 13.8 Å². The third-order valence-electron chi connectivity index (χ3n) is 3.21. The Kier molecular flexibility index (Phi) is 5.92. The highest BCUT2D eigenvalue weighted by Crippen LogP contribution is 2.21. The Morgan fingerprint density at radius 1 is 1.53 bits per heavy atom. The van der Waals surface area contributed by atoms with Crippen LogP contribution in [0.25, 0.3) is 0 Å². The Morgan fingerprint density at radius 3 is 2.88 bits per heavy atom. The second-order valence-corrected chi connectivity index (χ2v) is 5.61. The van der Waals surface area contributed by atoms with Crippen molar-refractivity contribution in [2.75, 3.05) is 19.8 Å². The van der Waals surface area contributed by atoms with E-state index in [1.807, 2.05) is 0 Å². The lowest BCUT2D eigenvalue weighted by atomic mass is 9.88. The molecule has 1 aliphatic rings. The molecule has 4 heteroatoms. The number of hydrogen-bond donors (Lipinski definition) is 2. The molecule has 1 saturated heterocycles. The van der Waals surface area contributed by atoms with Gasteiger partial charge in [0.2, 0.25) is 5.91 Å². The van der Waals surface area contributed by atoms with Crippen molar-refractivity contribution in [3.05, 3.63) is 0 Å². The average molecular weight is 243 g/mol. The van der Waals surface area contributed by atoms with E-state index in [-0.39, 0.29) is 24.0 Å². The molecule has 1 unspecified atom stereocenters. The molecule has 1 fully saturated rings. The van der Waals surface area contributed by atoms with Crippen LogP contribution in [0.5, 0.6) is 0 Å². The van der Waals surface area contributed by atoms with Gasteiger partial charge >= 0.3 is 0 Å². The monoisotopic (exact) mass is 243 g/mol. The quantitative estimate of drug-likeness (QED) is 0.712. The van der Waals surface area contributed by atoms with Crippen LogP contribution in [0.1, 0.15) is 46.0 Å². The maximum absolute atomic E-state index is 11.7. The molecule has 0 radical (unpaired) electrons. The van der Waals surface area contributed by atoms with E-state index in [4.69, 9.17) is 9.84 Å². The number of nitrogens with one attached hydrogen (secondary N) is 1. The molecule has 17 heavy (non-hydrogen) atoms. The van der Waals surface area contributed by atoms with Gasteiger partial charge in [-0.25, -0.2) is 0 Å². The highest BCUT2D eigenvalue weighted by molar-refractivity contribution is 5.76. The first-order chi connectivity index (χ1) is 8.03. The molecule has 0 saturated carbocycles. The molecule has 0 bridgehead atoms. The van der Waals surface area contributed by atoms with Crippen molar-refractivity contribution in [2.45, 2.75) is 52.1 Å². The summed E-state index contributed by atoms with van der Waals surface area (Å²) in [7, 11) is 0. The van der Waals surface area contributed by atoms with Crippen molar-refractivity contribution >= 4 is 5.91 Å². The van der Waals surface area contributed by atoms with Crippen LogP contribution in [0.3, 0.4) is 0 Å². The molecule has 1 atom stereocenters. The molecular weight excluding hydrogens is 218 g/mol. The fraction of sp³-hybridized carbons (Fsp3) is 0.923. The third-order valence-corrected chi connectivity index (χ3v) is 3.21. The van der Waals surface area contributed by atoms with Crippen LogP contribution in [0.4, 0.5) is 0 Å². The number of aliphatic hydroxyl groups excluding tert-OH is 1. The van der Waals surface area contributed by atoms with Crippen LogP contribution in [0, 0.1) is 5.41 Å². The first-order valence-electron chi connectivity index (χ1n) is 6.53. The lowest BCUT2D eigenvalue weighted by Gasteiger charge is -2.24. The fourth-order valence-electron chi connectivity index (χ4n) is 2.07. The molecule has 1 amide bonds. The van der Waals surface area contributed by atoms with Crippen molar-refractivity contribution in [1.82, 2.24) is 5.32 Å². The summed E-state index contributed by atoms with van der Waals surface area (Å²) in [5.74, 6) is 0.0778. The number of rotatable bonds is 7. The zero-order chi connectivity index (χ0) is 12.7. The van der Waals surface area contributed by atoms with Gasteiger partial charge in [0.1, 0.15) is 0 Å². The molecular formula is C13H25NO3. The predicted octanol–water partition coefficient (Wildman–Crippen LogP) is 1.47. The van der Waals surface area contributed by atoms with Gasteiger partial charge in [-0.15, -0.1) is 0 Å². The minimum absolute atomic E-state index is 0.0505. The minimum Gasteiger partial charge on any atom is -0.396 e. The van der Waals surface area contributed by atoms with Gasteiger partial charge in [0.05, 0.1) is 12.5 Å². The summed E-state index contributed by atoms with van der Waals surface area (Å²) in [5.41, 5.74) is 0.0505. The van der Waals surface area contributed by atoms with Crippen LogP contribution in [0.2, 0.25) is 0 Å². The lowest BCUT2D eigenvalue weighted by molar-refractivity contribution is -0.123. The van der Waals surface area contributed by atoms with Crippen molar-refractivity contribution < 1.29 is 14.6 Å². The molecule has 0 aromatic heterocycles. The molecule has 4 nitrogen and oxygen atoms in total. The number of carbonyl (C=O) groups is 1. The van der Waals surface area contributed by atoms with E-state index in [1.165, 1.54) is 0 Å². The summed E-state index contributed by atoms with van der Waals surface area (Å²) in [6.07, 6.45) is 4.38. The van der Waals surface area contributed by atoms with Gasteiger partial charge in [0.25, 0.3) is 0 Å². The largest absolute Gasteiger partial charge is 0.396 e. The van der Waals surface area contributed by atoms with Crippen molar-refractivity contribution in [3.63, 3.8) is 0 Å². The zero-order valence-corrected chi connectivity index (χ0v) is 11.0. The molecule has 2 N–H and O–H groups in total. The van der Waals surface area contributed by atoms with E-state index >= 15 is 0 Å². The molecule has 100 valence electrons. The maximum Gasteiger partial charge on any atom is 0.222 e. The number of amides is 1. The fourth-order valence-corrected chi connectivity index (χ4v) is 2.07. The first-order valence-corrected chi connectivity index (χ1v) is 6.53. The summed E-state index contributed by atoms with van der Waals surface area (Å²) < 4.78 is 5.43. The Labute approximate surface area is 104 Å². The van der Waals surface area contributed by atoms with Crippen molar-refractivity contribution in [2.24, 2.45) is 5.41 Å². The normalized spacial score (nSPS) is 20.5. The van der Waals surface area contributed by atoms with Crippen LogP contribution in [-0.2, 0) is 9.53 Å². The van der Waals surface area contributed by atoms with E-state index in [0.29, 0.717) is 13.0 Å². The molecule has 0 spiro atoms. The van der Waals surface area contributed by atoms with Gasteiger partial charge in [0, 0.05) is 19.8 Å². The Morgan fingerprint density at radius 2 is 2.29 bits per heavy atom. The Bertz CT molecular complexity index is 235. The number of hydrogen-bond acceptors (Lipinski definition) is 3. The van der Waals surface area contributed by atoms with E-state index in [1.54, 1.807) is 0 Å². The third kappa shape index (κ3) is 6.03. The van der Waals surface area contributed by atoms with Crippen molar-refractivity contribution in [3.8, 4) is 0 Å². The standard InChI is InChI=1S/C13H25NO3/c1-13(2,6-4-7-15)10-14-12(16)9-11-5-3-8-17-11/h11,15H,3-10H2,1-2H3,(H,14,16). The lowest BCUT2D eigenvalue weighted by Crippen LogP contribution is -2.35. The summed E-state index contributed by atoms with van der Waals surface area (Å²) in [6, 6.07) is 0. The minimum atomic E-state index is 0.0505. The van der Waals surface area contributed by atoms with E-state index in [0.717, 1.165) is 32.3 Å². The topological polar surface area (TPSA) is 58.6 Å². The highest BCUT2D eigenvalue weighted by Gasteiger charge is 2.21. The average Bonchev–Trinajstić information content (AvgIpc) is 2.77. The molecule has 0 aromatic carbocycles. The van der Waals surface area contributed by atoms with Crippen LogP contribution in [0.15, 0.2) is 0 Å². The molecule has 1 heterocycles. The van der Waals surface area contributed by atoms with Gasteiger partial charge in [-0.2, -0.15) is 0 Å². The van der Waals surface area contributed by atoms with Crippen LogP contribution >= 0.6 is 0 Å². The molecule has 0 aliphatic carbocycles. The van der Waals surface area contributed by atoms with Gasteiger partial charge in [-0.05, 0) is 31.1 Å². The van der Waals surface area contributed by atoms with E-state index < -0.39 is 0 Å². The predicted molar refractivity (Wildman–Crippen MR) is 66.7 cm³/mol. The summed E-state index contributed by atoms with van der Waals surface area (Å²) >= 11 is 0. The number of aliphatic hydroxyl groups is 1. The second kappa shape index (κ2) is 6.97. The maximum atomic E-state index is 11.7. The highest BCUT2D eigenvalue weighted by atomic mass is 16.5. The second-order valence-electron chi connectivity index (χ2n) is 5.61. The molecule has 1 rings (SSSR count). The molecule has 1 aliphatic heterocycles. The van der Waals surface area contributed by atoms with Gasteiger partial charge < -0.3 is 15.2 Å². The van der Waals surface area contributed by atoms with Crippen molar-refractivity contribution in [1.29, 1.82) is 0 Å². The molecule has 0 aromatic rings. The zero-order valence-electron chi connectivity index (χ0n) is 11.0. The number of carbonyl (C=O) groups excluding carboxylic acids is 1. The van der Waals surface area contributed by atoms with Gasteiger partial charge in [-0.3, -0.25) is 4.79 Å². The summed E-state index contributed by atoms with van der Waals surface area (Å²) in [4.78, 5) is 11.7. The van der Waals surface area contributed by atoms with Gasteiger partial charge in [0.15, 0.2) is 0 Å². The summed E-state index contributed by atoms with van der Waals surface area (Å²) in [5, 5.41) is 11.8.